The van der Waals surface area contributed by atoms with Crippen molar-refractivity contribution in [2.24, 2.45) is 5.92 Å². The Morgan fingerprint density at radius 2 is 1.78 bits per heavy atom. The lowest BCUT2D eigenvalue weighted by Gasteiger charge is -2.31. The number of halogens is 1. The van der Waals surface area contributed by atoms with Crippen LogP contribution in [0.4, 0.5) is 5.69 Å². The van der Waals surface area contributed by atoms with Crippen molar-refractivity contribution in [3.63, 3.8) is 0 Å². The molecule has 1 atom stereocenters. The van der Waals surface area contributed by atoms with Gasteiger partial charge in [-0.05, 0) is 87.6 Å². The number of carbonyl (C=O) groups excluding carboxylic acids is 1. The average Bonchev–Trinajstić information content (AvgIpc) is 3.21. The Labute approximate surface area is 217 Å². The highest BCUT2D eigenvalue weighted by Gasteiger charge is 2.37. The van der Waals surface area contributed by atoms with Gasteiger partial charge in [0.2, 0.25) is 15.9 Å². The van der Waals surface area contributed by atoms with E-state index in [4.69, 9.17) is 16.1 Å². The SMILES string of the molecule is Cc1cc(C)c(/C=C/c2onc(C)c2S(=O)(=O)N2CCC[C@H](C(=O)Nc3ccc(Cl)cc3)C2)c(C)c1. The third-order valence-electron chi connectivity index (χ3n) is 6.44. The Morgan fingerprint density at radius 3 is 2.44 bits per heavy atom. The number of sulfonamides is 1. The first-order chi connectivity index (χ1) is 17.1. The number of piperidine rings is 1. The second kappa shape index (κ2) is 10.6. The van der Waals surface area contributed by atoms with Crippen LogP contribution in [0.1, 0.15) is 46.5 Å². The summed E-state index contributed by atoms with van der Waals surface area (Å²) in [5, 5.41) is 7.38. The fourth-order valence-corrected chi connectivity index (χ4v) is 6.59. The van der Waals surface area contributed by atoms with Crippen molar-refractivity contribution in [2.75, 3.05) is 18.4 Å². The zero-order valence-electron chi connectivity index (χ0n) is 20.8. The Bertz CT molecular complexity index is 1390. The van der Waals surface area contributed by atoms with E-state index in [1.54, 1.807) is 37.3 Å². The van der Waals surface area contributed by atoms with Crippen molar-refractivity contribution in [1.82, 2.24) is 9.46 Å². The van der Waals surface area contributed by atoms with E-state index in [1.807, 2.05) is 26.8 Å². The number of anilines is 1. The van der Waals surface area contributed by atoms with Gasteiger partial charge in [-0.2, -0.15) is 4.31 Å². The maximum atomic E-state index is 13.7. The summed E-state index contributed by atoms with van der Waals surface area (Å²) in [5.74, 6) is -0.509. The zero-order chi connectivity index (χ0) is 26.0. The molecule has 9 heteroatoms. The molecule has 0 aliphatic carbocycles. The predicted octanol–water partition coefficient (Wildman–Crippen LogP) is 5.77. The van der Waals surface area contributed by atoms with Gasteiger partial charge in [0.1, 0.15) is 5.69 Å². The van der Waals surface area contributed by atoms with Crippen LogP contribution in [-0.4, -0.2) is 36.9 Å². The number of nitrogens with one attached hydrogen (secondary N) is 1. The van der Waals surface area contributed by atoms with Crippen LogP contribution in [0.2, 0.25) is 5.02 Å². The fourth-order valence-electron chi connectivity index (χ4n) is 4.69. The number of aryl methyl sites for hydroxylation is 4. The summed E-state index contributed by atoms with van der Waals surface area (Å²) >= 11 is 5.92. The molecule has 1 aromatic heterocycles. The molecule has 7 nitrogen and oxygen atoms in total. The monoisotopic (exact) mass is 527 g/mol. The maximum Gasteiger partial charge on any atom is 0.248 e. The summed E-state index contributed by atoms with van der Waals surface area (Å²) in [6.45, 7) is 8.12. The first-order valence-corrected chi connectivity index (χ1v) is 13.7. The molecular weight excluding hydrogens is 498 g/mol. The number of hydrogen-bond donors (Lipinski definition) is 1. The van der Waals surface area contributed by atoms with Crippen LogP contribution in [0.5, 0.6) is 0 Å². The van der Waals surface area contributed by atoms with E-state index in [9.17, 15) is 13.2 Å². The van der Waals surface area contributed by atoms with Gasteiger partial charge in [-0.15, -0.1) is 0 Å². The molecule has 1 fully saturated rings. The molecule has 0 unspecified atom stereocenters. The molecule has 1 amide bonds. The minimum Gasteiger partial charge on any atom is -0.355 e. The van der Waals surface area contributed by atoms with Crippen LogP contribution in [0.15, 0.2) is 45.8 Å². The fraction of sp³-hybridized carbons (Fsp3) is 0.333. The highest BCUT2D eigenvalue weighted by atomic mass is 35.5. The number of hydrogen-bond acceptors (Lipinski definition) is 5. The molecule has 2 aromatic carbocycles. The van der Waals surface area contributed by atoms with Crippen molar-refractivity contribution in [1.29, 1.82) is 0 Å². The smallest absolute Gasteiger partial charge is 0.248 e. The molecule has 0 spiro atoms. The van der Waals surface area contributed by atoms with Crippen molar-refractivity contribution >= 4 is 45.4 Å². The van der Waals surface area contributed by atoms with Gasteiger partial charge in [0, 0.05) is 23.8 Å². The second-order valence-corrected chi connectivity index (χ2v) is 11.6. The van der Waals surface area contributed by atoms with Crippen LogP contribution >= 0.6 is 11.6 Å². The standard InChI is InChI=1S/C27H30ClN3O4S/c1-17-14-18(2)24(19(3)15-17)11-12-25-26(20(4)30-35-25)36(33,34)31-13-5-6-21(16-31)27(32)29-23-9-7-22(28)8-10-23/h7-12,14-15,21H,5-6,13,16H2,1-4H3,(H,29,32)/b12-11+/t21-/m0/s1. The number of carbonyl (C=O) groups is 1. The van der Waals surface area contributed by atoms with Gasteiger partial charge in [0.05, 0.1) is 5.92 Å². The van der Waals surface area contributed by atoms with Crippen LogP contribution in [0.25, 0.3) is 12.2 Å². The summed E-state index contributed by atoms with van der Waals surface area (Å²) in [6, 6.07) is 11.0. The van der Waals surface area contributed by atoms with Crippen molar-refractivity contribution in [3.05, 3.63) is 75.1 Å². The van der Waals surface area contributed by atoms with E-state index < -0.39 is 15.9 Å². The third-order valence-corrected chi connectivity index (χ3v) is 8.71. The normalized spacial score (nSPS) is 17.0. The number of rotatable bonds is 6. The van der Waals surface area contributed by atoms with E-state index in [1.165, 1.54) is 9.87 Å². The zero-order valence-corrected chi connectivity index (χ0v) is 22.4. The quantitative estimate of drug-likeness (QED) is 0.439. The van der Waals surface area contributed by atoms with Gasteiger partial charge in [0.25, 0.3) is 0 Å². The Kier molecular flexibility index (Phi) is 7.68. The maximum absolute atomic E-state index is 13.7. The summed E-state index contributed by atoms with van der Waals surface area (Å²) in [5.41, 5.74) is 5.27. The predicted molar refractivity (Wildman–Crippen MR) is 142 cm³/mol. The first kappa shape index (κ1) is 26.1. The highest BCUT2D eigenvalue weighted by molar-refractivity contribution is 7.89. The van der Waals surface area contributed by atoms with E-state index in [-0.39, 0.29) is 23.1 Å². The molecule has 3 aromatic rings. The van der Waals surface area contributed by atoms with E-state index in [2.05, 4.69) is 22.6 Å². The minimum absolute atomic E-state index is 0.0416. The van der Waals surface area contributed by atoms with E-state index >= 15 is 0 Å². The Hall–Kier alpha value is -2.94. The van der Waals surface area contributed by atoms with Crippen molar-refractivity contribution in [3.8, 4) is 0 Å². The summed E-state index contributed by atoms with van der Waals surface area (Å²) in [4.78, 5) is 12.9. The molecule has 1 aliphatic heterocycles. The molecule has 190 valence electrons. The lowest BCUT2D eigenvalue weighted by Crippen LogP contribution is -2.43. The third kappa shape index (κ3) is 5.56. The van der Waals surface area contributed by atoms with Gasteiger partial charge in [-0.25, -0.2) is 8.42 Å². The second-order valence-electron chi connectivity index (χ2n) is 9.31. The molecule has 0 bridgehead atoms. The molecule has 1 saturated heterocycles. The van der Waals surface area contributed by atoms with Crippen LogP contribution in [0, 0.1) is 33.6 Å². The molecular formula is C27H30ClN3O4S. The molecule has 0 radical (unpaired) electrons. The summed E-state index contributed by atoms with van der Waals surface area (Å²) < 4.78 is 34.2. The lowest BCUT2D eigenvalue weighted by molar-refractivity contribution is -0.120. The molecule has 2 heterocycles. The molecule has 1 N–H and O–H groups in total. The Balaban J connectivity index is 1.56. The minimum atomic E-state index is -3.93. The van der Waals surface area contributed by atoms with Crippen molar-refractivity contribution in [2.45, 2.75) is 45.4 Å². The van der Waals surface area contributed by atoms with Crippen LogP contribution in [-0.2, 0) is 14.8 Å². The van der Waals surface area contributed by atoms with Crippen LogP contribution < -0.4 is 5.32 Å². The number of amides is 1. The molecule has 1 aliphatic rings. The number of benzene rings is 2. The molecule has 4 rings (SSSR count). The van der Waals surface area contributed by atoms with Gasteiger partial charge in [-0.3, -0.25) is 4.79 Å². The average molecular weight is 528 g/mol. The van der Waals surface area contributed by atoms with Gasteiger partial charge in [-0.1, -0.05) is 40.5 Å². The number of aromatic nitrogens is 1. The van der Waals surface area contributed by atoms with Gasteiger partial charge < -0.3 is 9.84 Å². The number of nitrogens with zero attached hydrogens (tertiary/aromatic N) is 2. The largest absolute Gasteiger partial charge is 0.355 e. The van der Waals surface area contributed by atoms with E-state index in [0.717, 1.165) is 16.7 Å². The molecule has 0 saturated carbocycles. The van der Waals surface area contributed by atoms with Gasteiger partial charge in [0.15, 0.2) is 10.7 Å². The van der Waals surface area contributed by atoms with E-state index in [0.29, 0.717) is 35.8 Å². The molecule has 36 heavy (non-hydrogen) atoms. The lowest BCUT2D eigenvalue weighted by atomic mass is 9.99. The summed E-state index contributed by atoms with van der Waals surface area (Å²) in [6.07, 6.45) is 4.70. The first-order valence-electron chi connectivity index (χ1n) is 11.8. The topological polar surface area (TPSA) is 92.5 Å². The van der Waals surface area contributed by atoms with Crippen molar-refractivity contribution < 1.29 is 17.7 Å². The summed E-state index contributed by atoms with van der Waals surface area (Å²) in [7, 11) is -3.93. The highest BCUT2D eigenvalue weighted by Crippen LogP contribution is 2.30. The Morgan fingerprint density at radius 1 is 1.11 bits per heavy atom. The van der Waals surface area contributed by atoms with Gasteiger partial charge >= 0.3 is 0 Å². The van der Waals surface area contributed by atoms with Crippen LogP contribution in [0.3, 0.4) is 0 Å².